The van der Waals surface area contributed by atoms with E-state index in [1.807, 2.05) is 12.1 Å². The summed E-state index contributed by atoms with van der Waals surface area (Å²) in [7, 11) is 1.79. The molecule has 17 heavy (non-hydrogen) atoms. The number of nitrogen functional groups attached to an aromatic ring is 1. The molecule has 0 aliphatic carbocycles. The fourth-order valence-electron chi connectivity index (χ4n) is 1.22. The number of benzene rings is 1. The van der Waals surface area contributed by atoms with Gasteiger partial charge < -0.3 is 10.6 Å². The van der Waals surface area contributed by atoms with Crippen LogP contribution in [0.15, 0.2) is 24.3 Å². The highest BCUT2D eigenvalue weighted by Gasteiger charge is 2.16. The summed E-state index contributed by atoms with van der Waals surface area (Å²) in [5.41, 5.74) is 7.19. The molecular weight excluding hydrogens is 232 g/mol. The molecule has 1 rings (SSSR count). The van der Waals surface area contributed by atoms with Crippen LogP contribution in [0.1, 0.15) is 20.8 Å². The number of hydrogen-bond acceptors (Lipinski definition) is 3. The third kappa shape index (κ3) is 4.69. The average molecular weight is 252 g/mol. The Hall–Kier alpha value is -1.16. The van der Waals surface area contributed by atoms with E-state index in [0.29, 0.717) is 11.4 Å². The smallest absolute Gasteiger partial charge is 0.236 e. The standard InChI is InChI=1S/C13H20N2OS/c1-13(2,3)17-9-12(16)15(4)11-7-5-10(14)6-8-11/h5-8H,9,14H2,1-4H3. The molecule has 0 atom stereocenters. The monoisotopic (exact) mass is 252 g/mol. The largest absolute Gasteiger partial charge is 0.399 e. The van der Waals surface area contributed by atoms with Gasteiger partial charge in [0.2, 0.25) is 5.91 Å². The zero-order chi connectivity index (χ0) is 13.1. The number of carbonyl (C=O) groups is 1. The van der Waals surface area contributed by atoms with E-state index in [1.165, 1.54) is 0 Å². The number of nitrogens with zero attached hydrogens (tertiary/aromatic N) is 1. The first-order valence-corrected chi connectivity index (χ1v) is 6.54. The molecule has 1 aromatic rings. The van der Waals surface area contributed by atoms with Gasteiger partial charge in [-0.05, 0) is 24.3 Å². The molecular formula is C13H20N2OS. The van der Waals surface area contributed by atoms with Crippen LogP contribution < -0.4 is 10.6 Å². The number of thioether (sulfide) groups is 1. The molecule has 0 aliphatic heterocycles. The molecule has 4 heteroatoms. The van der Waals surface area contributed by atoms with E-state index in [-0.39, 0.29) is 10.7 Å². The van der Waals surface area contributed by atoms with Crippen molar-refractivity contribution in [2.75, 3.05) is 23.4 Å². The van der Waals surface area contributed by atoms with Gasteiger partial charge in [-0.25, -0.2) is 0 Å². The van der Waals surface area contributed by atoms with E-state index in [1.54, 1.807) is 35.8 Å². The lowest BCUT2D eigenvalue weighted by molar-refractivity contribution is -0.115. The van der Waals surface area contributed by atoms with Crippen molar-refractivity contribution in [3.8, 4) is 0 Å². The van der Waals surface area contributed by atoms with Gasteiger partial charge >= 0.3 is 0 Å². The summed E-state index contributed by atoms with van der Waals surface area (Å²) in [4.78, 5) is 13.6. The second-order valence-corrected chi connectivity index (χ2v) is 6.75. The predicted octanol–water partition coefficient (Wildman–Crippen LogP) is 2.76. The molecule has 0 bridgehead atoms. The molecule has 3 nitrogen and oxygen atoms in total. The maximum atomic E-state index is 11.9. The van der Waals surface area contributed by atoms with Gasteiger partial charge in [0.15, 0.2) is 0 Å². The Kier molecular flexibility index (Phi) is 4.46. The molecule has 2 N–H and O–H groups in total. The minimum atomic E-state index is 0.106. The van der Waals surface area contributed by atoms with Crippen LogP contribution in [0.25, 0.3) is 0 Å². The van der Waals surface area contributed by atoms with Crippen LogP contribution in [0, 0.1) is 0 Å². The number of hydrogen-bond donors (Lipinski definition) is 1. The SMILES string of the molecule is CN(C(=O)CSC(C)(C)C)c1ccc(N)cc1. The summed E-state index contributed by atoms with van der Waals surface area (Å²) >= 11 is 1.65. The van der Waals surface area contributed by atoms with Gasteiger partial charge in [0, 0.05) is 23.2 Å². The first-order valence-electron chi connectivity index (χ1n) is 5.55. The maximum Gasteiger partial charge on any atom is 0.236 e. The van der Waals surface area contributed by atoms with Crippen LogP contribution in [-0.2, 0) is 4.79 Å². The van der Waals surface area contributed by atoms with Gasteiger partial charge in [-0.3, -0.25) is 4.79 Å². The van der Waals surface area contributed by atoms with Crippen molar-refractivity contribution in [3.05, 3.63) is 24.3 Å². The van der Waals surface area contributed by atoms with Crippen molar-refractivity contribution < 1.29 is 4.79 Å². The van der Waals surface area contributed by atoms with E-state index in [2.05, 4.69) is 20.8 Å². The van der Waals surface area contributed by atoms with E-state index < -0.39 is 0 Å². The van der Waals surface area contributed by atoms with E-state index in [0.717, 1.165) is 5.69 Å². The molecule has 94 valence electrons. The lowest BCUT2D eigenvalue weighted by Crippen LogP contribution is -2.29. The lowest BCUT2D eigenvalue weighted by Gasteiger charge is -2.21. The number of nitrogens with two attached hydrogens (primary N) is 1. The zero-order valence-electron chi connectivity index (χ0n) is 10.9. The van der Waals surface area contributed by atoms with Crippen molar-refractivity contribution in [2.45, 2.75) is 25.5 Å². The van der Waals surface area contributed by atoms with Gasteiger partial charge in [0.25, 0.3) is 0 Å². The Balaban J connectivity index is 2.61. The summed E-state index contributed by atoms with van der Waals surface area (Å²) < 4.78 is 0.109. The molecule has 0 saturated carbocycles. The van der Waals surface area contributed by atoms with Crippen molar-refractivity contribution >= 4 is 29.0 Å². The second-order valence-electron chi connectivity index (χ2n) is 4.95. The highest BCUT2D eigenvalue weighted by Crippen LogP contribution is 2.24. The molecule has 0 aromatic heterocycles. The fourth-order valence-corrected chi connectivity index (χ4v) is 1.97. The summed E-state index contributed by atoms with van der Waals surface area (Å²) in [6.07, 6.45) is 0. The summed E-state index contributed by atoms with van der Waals surface area (Å²) in [5, 5.41) is 0. The number of anilines is 2. The van der Waals surface area contributed by atoms with Crippen LogP contribution in [0.2, 0.25) is 0 Å². The highest BCUT2D eigenvalue weighted by atomic mass is 32.2. The Morgan fingerprint density at radius 3 is 2.29 bits per heavy atom. The molecule has 0 aliphatic rings. The van der Waals surface area contributed by atoms with E-state index in [9.17, 15) is 4.79 Å². The van der Waals surface area contributed by atoms with E-state index >= 15 is 0 Å². The Labute approximate surface area is 107 Å². The van der Waals surface area contributed by atoms with Crippen molar-refractivity contribution in [3.63, 3.8) is 0 Å². The van der Waals surface area contributed by atoms with Gasteiger partial charge in [-0.2, -0.15) is 0 Å². The Morgan fingerprint density at radius 1 is 1.29 bits per heavy atom. The van der Waals surface area contributed by atoms with Crippen molar-refractivity contribution in [1.29, 1.82) is 0 Å². The molecule has 0 heterocycles. The van der Waals surface area contributed by atoms with Gasteiger partial charge in [-0.15, -0.1) is 11.8 Å². The molecule has 1 amide bonds. The normalized spacial score (nSPS) is 11.3. The highest BCUT2D eigenvalue weighted by molar-refractivity contribution is 8.01. The zero-order valence-corrected chi connectivity index (χ0v) is 11.7. The van der Waals surface area contributed by atoms with Gasteiger partial charge in [-0.1, -0.05) is 20.8 Å². The Bertz CT molecular complexity index is 381. The van der Waals surface area contributed by atoms with Crippen molar-refractivity contribution in [2.24, 2.45) is 0 Å². The molecule has 0 spiro atoms. The quantitative estimate of drug-likeness (QED) is 0.841. The lowest BCUT2D eigenvalue weighted by atomic mass is 10.2. The molecule has 0 fully saturated rings. The summed E-state index contributed by atoms with van der Waals surface area (Å²) in [6, 6.07) is 7.32. The van der Waals surface area contributed by atoms with Crippen LogP contribution in [0.5, 0.6) is 0 Å². The molecule has 0 radical (unpaired) electrons. The Morgan fingerprint density at radius 2 is 1.82 bits per heavy atom. The van der Waals surface area contributed by atoms with Crippen LogP contribution in [0.3, 0.4) is 0 Å². The van der Waals surface area contributed by atoms with Crippen molar-refractivity contribution in [1.82, 2.24) is 0 Å². The average Bonchev–Trinajstić information content (AvgIpc) is 2.25. The van der Waals surface area contributed by atoms with Crippen LogP contribution in [-0.4, -0.2) is 23.5 Å². The first kappa shape index (κ1) is 13.9. The number of amides is 1. The topological polar surface area (TPSA) is 46.3 Å². The minimum absolute atomic E-state index is 0.106. The van der Waals surface area contributed by atoms with Crippen LogP contribution >= 0.6 is 11.8 Å². The number of rotatable bonds is 3. The van der Waals surface area contributed by atoms with Gasteiger partial charge in [0.05, 0.1) is 5.75 Å². The molecule has 0 saturated heterocycles. The summed E-state index contributed by atoms with van der Waals surface area (Å²) in [6.45, 7) is 6.32. The third-order valence-electron chi connectivity index (χ3n) is 2.28. The predicted molar refractivity (Wildman–Crippen MR) is 76.5 cm³/mol. The third-order valence-corrected chi connectivity index (χ3v) is 3.54. The van der Waals surface area contributed by atoms with Gasteiger partial charge in [0.1, 0.15) is 0 Å². The first-order chi connectivity index (χ1) is 7.79. The summed E-state index contributed by atoms with van der Waals surface area (Å²) in [5.74, 6) is 0.597. The minimum Gasteiger partial charge on any atom is -0.399 e. The number of carbonyl (C=O) groups excluding carboxylic acids is 1. The molecule has 0 unspecified atom stereocenters. The maximum absolute atomic E-state index is 11.9. The van der Waals surface area contributed by atoms with Crippen LogP contribution in [0.4, 0.5) is 11.4 Å². The second kappa shape index (κ2) is 5.45. The van der Waals surface area contributed by atoms with E-state index in [4.69, 9.17) is 5.73 Å². The molecule has 1 aromatic carbocycles. The fraction of sp³-hybridized carbons (Fsp3) is 0.462.